The van der Waals surface area contributed by atoms with Crippen LogP contribution in [0.5, 0.6) is 0 Å². The summed E-state index contributed by atoms with van der Waals surface area (Å²) < 4.78 is 0. The number of nitrogens with zero attached hydrogens (tertiary/aromatic N) is 2. The second kappa shape index (κ2) is 8.18. The zero-order valence-electron chi connectivity index (χ0n) is 14.0. The largest absolute Gasteiger partial charge is 0.359 e. The van der Waals surface area contributed by atoms with Gasteiger partial charge in [0.2, 0.25) is 0 Å². The molecule has 0 spiro atoms. The van der Waals surface area contributed by atoms with Gasteiger partial charge in [-0.25, -0.2) is 4.98 Å². The number of aryl methyl sites for hydroxylation is 1. The standard InChI is InChI=1S/C17H22N4S3/c1-11-15(24-16(18-11)14-9-6-10-23-14)12(2)20-21-17(22)19-13-7-4-3-5-8-13/h6,9-10,13H,3-5,7-8H2,1-2H3,(H2,19,21,22). The average molecular weight is 379 g/mol. The van der Waals surface area contributed by atoms with Crippen LogP contribution in [0.25, 0.3) is 9.88 Å². The van der Waals surface area contributed by atoms with E-state index in [1.807, 2.05) is 19.9 Å². The minimum atomic E-state index is 0.491. The molecule has 0 atom stereocenters. The van der Waals surface area contributed by atoms with E-state index in [2.05, 4.69) is 32.3 Å². The van der Waals surface area contributed by atoms with Gasteiger partial charge in [0.1, 0.15) is 5.01 Å². The summed E-state index contributed by atoms with van der Waals surface area (Å²) in [7, 11) is 0. The highest BCUT2D eigenvalue weighted by Gasteiger charge is 2.15. The van der Waals surface area contributed by atoms with Gasteiger partial charge in [0.15, 0.2) is 5.11 Å². The number of rotatable bonds is 4. The molecule has 7 heteroatoms. The van der Waals surface area contributed by atoms with Gasteiger partial charge in [-0.15, -0.1) is 22.7 Å². The molecule has 2 aromatic heterocycles. The Bertz CT molecular complexity index is 712. The first-order valence-corrected chi connectivity index (χ1v) is 10.4. The van der Waals surface area contributed by atoms with Crippen molar-refractivity contribution < 1.29 is 0 Å². The van der Waals surface area contributed by atoms with E-state index in [0.717, 1.165) is 21.3 Å². The van der Waals surface area contributed by atoms with Gasteiger partial charge in [0, 0.05) is 6.04 Å². The Labute approximate surface area is 156 Å². The number of hydrazone groups is 1. The molecule has 1 fully saturated rings. The molecule has 0 saturated heterocycles. The lowest BCUT2D eigenvalue weighted by molar-refractivity contribution is 0.412. The van der Waals surface area contributed by atoms with E-state index in [4.69, 9.17) is 12.2 Å². The van der Waals surface area contributed by atoms with Gasteiger partial charge in [-0.2, -0.15) is 5.10 Å². The van der Waals surface area contributed by atoms with Crippen molar-refractivity contribution in [2.24, 2.45) is 5.10 Å². The van der Waals surface area contributed by atoms with Crippen LogP contribution in [0.3, 0.4) is 0 Å². The fourth-order valence-electron chi connectivity index (χ4n) is 2.89. The van der Waals surface area contributed by atoms with Crippen LogP contribution in [0.15, 0.2) is 22.6 Å². The normalized spacial score (nSPS) is 16.2. The molecule has 0 aromatic carbocycles. The lowest BCUT2D eigenvalue weighted by Gasteiger charge is -2.23. The third-order valence-electron chi connectivity index (χ3n) is 4.12. The van der Waals surface area contributed by atoms with E-state index >= 15 is 0 Å². The average Bonchev–Trinajstić information content (AvgIpc) is 3.23. The lowest BCUT2D eigenvalue weighted by Crippen LogP contribution is -2.41. The number of nitrogens with one attached hydrogen (secondary N) is 2. The molecule has 0 radical (unpaired) electrons. The van der Waals surface area contributed by atoms with Crippen LogP contribution in [0.4, 0.5) is 0 Å². The van der Waals surface area contributed by atoms with Crippen LogP contribution in [-0.4, -0.2) is 21.8 Å². The predicted octanol–water partition coefficient (Wildman–Crippen LogP) is 4.70. The summed E-state index contributed by atoms with van der Waals surface area (Å²) in [6.07, 6.45) is 6.31. The summed E-state index contributed by atoms with van der Waals surface area (Å²) in [5.41, 5.74) is 4.92. The summed E-state index contributed by atoms with van der Waals surface area (Å²) in [5.74, 6) is 0. The van der Waals surface area contributed by atoms with Crippen LogP contribution in [0, 0.1) is 6.92 Å². The Morgan fingerprint density at radius 1 is 1.33 bits per heavy atom. The SMILES string of the molecule is CC(=NNC(=S)NC1CCCCC1)c1sc(-c2cccs2)nc1C. The van der Waals surface area contributed by atoms with Crippen molar-refractivity contribution in [3.8, 4) is 9.88 Å². The molecule has 2 heterocycles. The van der Waals surface area contributed by atoms with Crippen molar-refractivity contribution in [2.45, 2.75) is 52.0 Å². The molecule has 0 aliphatic heterocycles. The van der Waals surface area contributed by atoms with Gasteiger partial charge < -0.3 is 5.32 Å². The lowest BCUT2D eigenvalue weighted by atomic mass is 9.96. The number of aromatic nitrogens is 1. The monoisotopic (exact) mass is 378 g/mol. The Morgan fingerprint density at radius 2 is 2.12 bits per heavy atom. The van der Waals surface area contributed by atoms with Crippen LogP contribution in [0.1, 0.15) is 49.6 Å². The maximum absolute atomic E-state index is 5.37. The Balaban J connectivity index is 1.62. The third kappa shape index (κ3) is 4.40. The quantitative estimate of drug-likeness (QED) is 0.460. The summed E-state index contributed by atoms with van der Waals surface area (Å²) in [5, 5.41) is 11.6. The van der Waals surface area contributed by atoms with E-state index in [1.165, 1.54) is 37.0 Å². The number of thiophene rings is 1. The highest BCUT2D eigenvalue weighted by atomic mass is 32.1. The number of thiazole rings is 1. The summed E-state index contributed by atoms with van der Waals surface area (Å²) in [6, 6.07) is 4.64. The molecule has 0 unspecified atom stereocenters. The molecule has 0 bridgehead atoms. The van der Waals surface area contributed by atoms with Crippen molar-refractivity contribution >= 4 is 45.7 Å². The molecule has 24 heavy (non-hydrogen) atoms. The Kier molecular flexibility index (Phi) is 5.97. The first-order chi connectivity index (χ1) is 11.6. The van der Waals surface area contributed by atoms with E-state index in [-0.39, 0.29) is 0 Å². The molecular formula is C17H22N4S3. The molecule has 4 nitrogen and oxygen atoms in total. The van der Waals surface area contributed by atoms with Crippen molar-refractivity contribution in [1.82, 2.24) is 15.7 Å². The number of hydrogen-bond donors (Lipinski definition) is 2. The fourth-order valence-corrected chi connectivity index (χ4v) is 4.91. The van der Waals surface area contributed by atoms with E-state index in [9.17, 15) is 0 Å². The second-order valence-corrected chi connectivity index (χ2v) is 8.38. The maximum atomic E-state index is 5.37. The predicted molar refractivity (Wildman–Crippen MR) is 108 cm³/mol. The van der Waals surface area contributed by atoms with Crippen molar-refractivity contribution in [3.05, 3.63) is 28.1 Å². The number of hydrogen-bond acceptors (Lipinski definition) is 5. The van der Waals surface area contributed by atoms with E-state index in [0.29, 0.717) is 11.2 Å². The molecule has 3 rings (SSSR count). The van der Waals surface area contributed by atoms with Crippen LogP contribution in [-0.2, 0) is 0 Å². The minimum Gasteiger partial charge on any atom is -0.359 e. The molecule has 2 N–H and O–H groups in total. The topological polar surface area (TPSA) is 49.3 Å². The van der Waals surface area contributed by atoms with Crippen LogP contribution < -0.4 is 10.7 Å². The summed E-state index contributed by atoms with van der Waals surface area (Å²) in [4.78, 5) is 6.97. The second-order valence-electron chi connectivity index (χ2n) is 6.03. The number of thiocarbonyl (C=S) groups is 1. The van der Waals surface area contributed by atoms with Gasteiger partial charge in [0.25, 0.3) is 0 Å². The van der Waals surface area contributed by atoms with Crippen molar-refractivity contribution in [2.75, 3.05) is 0 Å². The molecule has 1 aliphatic rings. The van der Waals surface area contributed by atoms with Crippen LogP contribution in [0.2, 0.25) is 0 Å². The smallest absolute Gasteiger partial charge is 0.187 e. The van der Waals surface area contributed by atoms with Gasteiger partial charge in [0.05, 0.1) is 21.2 Å². The first kappa shape index (κ1) is 17.5. The van der Waals surface area contributed by atoms with Gasteiger partial charge in [-0.1, -0.05) is 25.3 Å². The van der Waals surface area contributed by atoms with Crippen LogP contribution >= 0.6 is 34.9 Å². The van der Waals surface area contributed by atoms with Gasteiger partial charge in [-0.3, -0.25) is 5.43 Å². The molecule has 0 amide bonds. The van der Waals surface area contributed by atoms with Crippen molar-refractivity contribution in [3.63, 3.8) is 0 Å². The zero-order chi connectivity index (χ0) is 16.9. The van der Waals surface area contributed by atoms with E-state index in [1.54, 1.807) is 22.7 Å². The highest BCUT2D eigenvalue weighted by molar-refractivity contribution is 7.80. The molecule has 2 aromatic rings. The first-order valence-electron chi connectivity index (χ1n) is 8.26. The third-order valence-corrected chi connectivity index (χ3v) is 6.64. The Morgan fingerprint density at radius 3 is 2.83 bits per heavy atom. The van der Waals surface area contributed by atoms with Gasteiger partial charge >= 0.3 is 0 Å². The molecule has 128 valence electrons. The fraction of sp³-hybridized carbons (Fsp3) is 0.471. The van der Waals surface area contributed by atoms with E-state index < -0.39 is 0 Å². The summed E-state index contributed by atoms with van der Waals surface area (Å²) in [6.45, 7) is 4.02. The molecular weight excluding hydrogens is 356 g/mol. The van der Waals surface area contributed by atoms with Crippen molar-refractivity contribution in [1.29, 1.82) is 0 Å². The maximum Gasteiger partial charge on any atom is 0.187 e. The highest BCUT2D eigenvalue weighted by Crippen LogP contribution is 2.31. The summed E-state index contributed by atoms with van der Waals surface area (Å²) >= 11 is 8.75. The van der Waals surface area contributed by atoms with Gasteiger partial charge in [-0.05, 0) is 50.4 Å². The minimum absolute atomic E-state index is 0.491. The Hall–Kier alpha value is -1.31. The molecule has 1 aliphatic carbocycles. The zero-order valence-corrected chi connectivity index (χ0v) is 16.4. The molecule has 1 saturated carbocycles.